The van der Waals surface area contributed by atoms with Gasteiger partial charge in [-0.15, -0.1) is 0 Å². The van der Waals surface area contributed by atoms with Crippen molar-refractivity contribution in [3.05, 3.63) is 104 Å². The van der Waals surface area contributed by atoms with Crippen LogP contribution in [0.2, 0.25) is 0 Å². The van der Waals surface area contributed by atoms with Crippen LogP contribution >= 0.6 is 0 Å². The SMILES string of the molecule is CCCCCc1cc(F)c(CCC2CCc3c(cc(F)c(C4CCC(c5ccc(C#N)c(F)c5F)CC4)c3F)C2)c(F)c1. The molecule has 3 aromatic carbocycles. The fourth-order valence-electron chi connectivity index (χ4n) is 7.19. The Morgan fingerprint density at radius 3 is 2.14 bits per heavy atom. The van der Waals surface area contributed by atoms with E-state index in [1.807, 2.05) is 0 Å². The number of rotatable bonds is 9. The molecule has 0 aliphatic heterocycles. The third kappa shape index (κ3) is 6.64. The van der Waals surface area contributed by atoms with Crippen molar-refractivity contribution in [1.29, 1.82) is 5.26 Å². The van der Waals surface area contributed by atoms with Crippen LogP contribution in [0.15, 0.2) is 30.3 Å². The van der Waals surface area contributed by atoms with E-state index in [-0.39, 0.29) is 46.4 Å². The van der Waals surface area contributed by atoms with Crippen LogP contribution in [0.4, 0.5) is 26.3 Å². The second kappa shape index (κ2) is 13.6. The molecular weight excluding hydrogens is 560 g/mol. The minimum atomic E-state index is -1.15. The highest BCUT2D eigenvalue weighted by Crippen LogP contribution is 2.44. The number of aryl methyl sites for hydroxylation is 1. The summed E-state index contributed by atoms with van der Waals surface area (Å²) in [5.41, 5.74) is 1.82. The lowest BCUT2D eigenvalue weighted by Crippen LogP contribution is -2.21. The summed E-state index contributed by atoms with van der Waals surface area (Å²) in [6.07, 6.45) is 7.71. The van der Waals surface area contributed by atoms with Crippen molar-refractivity contribution in [2.24, 2.45) is 5.92 Å². The normalized spacial score (nSPS) is 20.1. The lowest BCUT2D eigenvalue weighted by atomic mass is 9.73. The van der Waals surface area contributed by atoms with Crippen LogP contribution < -0.4 is 0 Å². The smallest absolute Gasteiger partial charge is 0.176 e. The van der Waals surface area contributed by atoms with Crippen molar-refractivity contribution in [1.82, 2.24) is 0 Å². The lowest BCUT2D eigenvalue weighted by Gasteiger charge is -2.32. The van der Waals surface area contributed by atoms with Gasteiger partial charge in [-0.05, 0) is 135 Å². The molecule has 0 bridgehead atoms. The van der Waals surface area contributed by atoms with Crippen molar-refractivity contribution in [2.45, 2.75) is 102 Å². The minimum absolute atomic E-state index is 0.0679. The molecule has 1 fully saturated rings. The first-order chi connectivity index (χ1) is 20.7. The second-order valence-corrected chi connectivity index (χ2v) is 12.4. The lowest BCUT2D eigenvalue weighted by molar-refractivity contribution is 0.360. The highest BCUT2D eigenvalue weighted by atomic mass is 19.2. The van der Waals surface area contributed by atoms with Gasteiger partial charge in [0.25, 0.3) is 0 Å². The molecule has 228 valence electrons. The molecule has 5 rings (SSSR count). The third-order valence-electron chi connectivity index (χ3n) is 9.64. The van der Waals surface area contributed by atoms with Crippen LogP contribution in [0.25, 0.3) is 0 Å². The maximum Gasteiger partial charge on any atom is 0.176 e. The van der Waals surface area contributed by atoms with Gasteiger partial charge in [0.2, 0.25) is 0 Å². The summed E-state index contributed by atoms with van der Waals surface area (Å²) in [7, 11) is 0. The number of unbranched alkanes of at least 4 members (excludes halogenated alkanes) is 2. The number of halogens is 6. The molecule has 0 aromatic heterocycles. The first kappa shape index (κ1) is 31.2. The van der Waals surface area contributed by atoms with E-state index in [2.05, 4.69) is 6.92 Å². The van der Waals surface area contributed by atoms with E-state index in [1.54, 1.807) is 6.07 Å². The van der Waals surface area contributed by atoms with Crippen LogP contribution in [-0.2, 0) is 25.7 Å². The molecule has 2 aliphatic carbocycles. The number of benzene rings is 3. The van der Waals surface area contributed by atoms with Gasteiger partial charge in [0.1, 0.15) is 29.3 Å². The molecular formula is C36H37F6N. The van der Waals surface area contributed by atoms with Crippen molar-refractivity contribution in [3.63, 3.8) is 0 Å². The molecule has 3 aromatic rings. The monoisotopic (exact) mass is 597 g/mol. The van der Waals surface area contributed by atoms with Crippen LogP contribution in [0, 0.1) is 52.2 Å². The Kier molecular flexibility index (Phi) is 9.84. The Morgan fingerprint density at radius 1 is 0.767 bits per heavy atom. The van der Waals surface area contributed by atoms with Gasteiger partial charge in [-0.25, -0.2) is 26.3 Å². The zero-order valence-corrected chi connectivity index (χ0v) is 24.5. The zero-order chi connectivity index (χ0) is 30.7. The van der Waals surface area contributed by atoms with E-state index in [4.69, 9.17) is 5.26 Å². The highest BCUT2D eigenvalue weighted by molar-refractivity contribution is 5.40. The quantitative estimate of drug-likeness (QED) is 0.178. The Balaban J connectivity index is 1.22. The summed E-state index contributed by atoms with van der Waals surface area (Å²) in [4.78, 5) is 0. The van der Waals surface area contributed by atoms with Gasteiger partial charge in [-0.1, -0.05) is 25.8 Å². The number of hydrogen-bond acceptors (Lipinski definition) is 1. The van der Waals surface area contributed by atoms with Gasteiger partial charge in [0.05, 0.1) is 5.56 Å². The maximum absolute atomic E-state index is 15.8. The van der Waals surface area contributed by atoms with E-state index in [9.17, 15) is 17.6 Å². The number of nitriles is 1. The molecule has 0 spiro atoms. The average molecular weight is 598 g/mol. The standard InChI is InChI=1S/C36H37F6N/c1-2-3-4-5-22-17-30(37)29(31(38)18-22)14-7-21-6-13-28-26(16-21)19-32(39)33(35(28)41)24-10-8-23(9-11-24)27-15-12-25(20-43)34(40)36(27)42/h12,15,17-19,21,23-24H,2-11,13-14,16H2,1H3. The predicted molar refractivity (Wildman–Crippen MR) is 155 cm³/mol. The van der Waals surface area contributed by atoms with Crippen molar-refractivity contribution < 1.29 is 26.3 Å². The number of hydrogen-bond donors (Lipinski definition) is 0. The van der Waals surface area contributed by atoms with Crippen LogP contribution in [0.3, 0.4) is 0 Å². The first-order valence-corrected chi connectivity index (χ1v) is 15.6. The molecule has 1 nitrogen and oxygen atoms in total. The van der Waals surface area contributed by atoms with Gasteiger partial charge in [-0.2, -0.15) is 5.26 Å². The van der Waals surface area contributed by atoms with Crippen LogP contribution in [-0.4, -0.2) is 0 Å². The molecule has 43 heavy (non-hydrogen) atoms. The summed E-state index contributed by atoms with van der Waals surface area (Å²) in [6.45, 7) is 2.08. The van der Waals surface area contributed by atoms with Gasteiger partial charge < -0.3 is 0 Å². The average Bonchev–Trinajstić information content (AvgIpc) is 2.98. The van der Waals surface area contributed by atoms with E-state index in [0.717, 1.165) is 19.3 Å². The van der Waals surface area contributed by atoms with Crippen LogP contribution in [0.1, 0.15) is 115 Å². The Labute approximate surface area is 249 Å². The van der Waals surface area contributed by atoms with Gasteiger partial charge in [-0.3, -0.25) is 0 Å². The second-order valence-electron chi connectivity index (χ2n) is 12.4. The van der Waals surface area contributed by atoms with Crippen molar-refractivity contribution in [3.8, 4) is 6.07 Å². The maximum atomic E-state index is 15.8. The summed E-state index contributed by atoms with van der Waals surface area (Å²) in [5.74, 6) is -4.90. The van der Waals surface area contributed by atoms with Gasteiger partial charge in [0, 0.05) is 11.1 Å². The van der Waals surface area contributed by atoms with E-state index < -0.39 is 34.9 Å². The fourth-order valence-corrected chi connectivity index (χ4v) is 7.19. The minimum Gasteiger partial charge on any atom is -0.207 e. The molecule has 0 N–H and O–H groups in total. The molecule has 1 saturated carbocycles. The first-order valence-electron chi connectivity index (χ1n) is 15.6. The molecule has 7 heteroatoms. The third-order valence-corrected chi connectivity index (χ3v) is 9.64. The Morgan fingerprint density at radius 2 is 1.47 bits per heavy atom. The molecule has 0 amide bonds. The Bertz CT molecular complexity index is 1490. The van der Waals surface area contributed by atoms with E-state index >= 15 is 8.78 Å². The summed E-state index contributed by atoms with van der Waals surface area (Å²) in [5, 5.41) is 8.93. The Hall–Kier alpha value is -3.27. The van der Waals surface area contributed by atoms with Crippen molar-refractivity contribution in [2.75, 3.05) is 0 Å². The molecule has 1 atom stereocenters. The molecule has 0 heterocycles. The highest BCUT2D eigenvalue weighted by Gasteiger charge is 2.33. The number of nitrogens with zero attached hydrogens (tertiary/aromatic N) is 1. The van der Waals surface area contributed by atoms with E-state index in [0.29, 0.717) is 74.5 Å². The van der Waals surface area contributed by atoms with E-state index in [1.165, 1.54) is 30.3 Å². The summed E-state index contributed by atoms with van der Waals surface area (Å²) < 4.78 is 89.4. The largest absolute Gasteiger partial charge is 0.207 e. The fraction of sp³-hybridized carbons (Fsp3) is 0.472. The van der Waals surface area contributed by atoms with Gasteiger partial charge in [0.15, 0.2) is 11.6 Å². The molecule has 1 unspecified atom stereocenters. The zero-order valence-electron chi connectivity index (χ0n) is 24.5. The van der Waals surface area contributed by atoms with Crippen molar-refractivity contribution >= 4 is 0 Å². The van der Waals surface area contributed by atoms with Gasteiger partial charge >= 0.3 is 0 Å². The molecule has 0 radical (unpaired) electrons. The summed E-state index contributed by atoms with van der Waals surface area (Å²) in [6, 6.07) is 8.63. The molecule has 2 aliphatic rings. The number of fused-ring (bicyclic) bond motifs is 1. The molecule has 0 saturated heterocycles. The summed E-state index contributed by atoms with van der Waals surface area (Å²) >= 11 is 0. The predicted octanol–water partition coefficient (Wildman–Crippen LogP) is 10.3. The van der Waals surface area contributed by atoms with Crippen LogP contribution in [0.5, 0.6) is 0 Å². The topological polar surface area (TPSA) is 23.8 Å².